The Bertz CT molecular complexity index is 1390. The Morgan fingerprint density at radius 1 is 1.00 bits per heavy atom. The summed E-state index contributed by atoms with van der Waals surface area (Å²) in [5.74, 6) is 0.937. The van der Waals surface area contributed by atoms with Gasteiger partial charge in [-0.25, -0.2) is 4.79 Å². The van der Waals surface area contributed by atoms with Gasteiger partial charge in [0.25, 0.3) is 0 Å². The van der Waals surface area contributed by atoms with E-state index < -0.39 is 5.97 Å². The van der Waals surface area contributed by atoms with Crippen LogP contribution in [0.2, 0.25) is 0 Å². The number of hydrogen-bond acceptors (Lipinski definition) is 7. The van der Waals surface area contributed by atoms with Crippen LogP contribution in [0.25, 0.3) is 17.3 Å². The first kappa shape index (κ1) is 25.2. The lowest BCUT2D eigenvalue weighted by Gasteiger charge is -2.11. The highest BCUT2D eigenvalue weighted by atomic mass is 16.6. The summed E-state index contributed by atoms with van der Waals surface area (Å²) < 4.78 is 17.1. The van der Waals surface area contributed by atoms with Gasteiger partial charge in [-0.05, 0) is 48.4 Å². The minimum absolute atomic E-state index is 0.265. The molecular weight excluding hydrogens is 472 g/mol. The van der Waals surface area contributed by atoms with Gasteiger partial charge in [-0.2, -0.15) is 0 Å². The van der Waals surface area contributed by atoms with E-state index in [0.717, 1.165) is 17.2 Å². The van der Waals surface area contributed by atoms with Gasteiger partial charge in [0, 0.05) is 23.3 Å². The molecule has 0 radical (unpaired) electrons. The standard InChI is InChI=1S/C29H26N2O6/c1-20-16-27(31-37-20)26-17-25(14-10-22(26)11-15-29(32)33)35-18-21-8-12-24(13-9-21)36-19-28(30-34-2)23-6-4-3-5-7-23/h3-17H,18-19H2,1-2H3,(H,32,33)/b15-11?,30-28+. The molecule has 0 amide bonds. The van der Waals surface area contributed by atoms with Crippen LogP contribution in [0.15, 0.2) is 94.6 Å². The topological polar surface area (TPSA) is 103 Å². The minimum Gasteiger partial charge on any atom is -0.489 e. The lowest BCUT2D eigenvalue weighted by molar-refractivity contribution is -0.131. The molecule has 8 nitrogen and oxygen atoms in total. The molecule has 1 N–H and O–H groups in total. The van der Waals surface area contributed by atoms with Gasteiger partial charge in [-0.3, -0.25) is 0 Å². The summed E-state index contributed by atoms with van der Waals surface area (Å²) in [6, 6.07) is 24.5. The molecule has 0 aliphatic rings. The summed E-state index contributed by atoms with van der Waals surface area (Å²) >= 11 is 0. The molecule has 0 unspecified atom stereocenters. The van der Waals surface area contributed by atoms with Crippen LogP contribution in [0.1, 0.15) is 22.5 Å². The summed E-state index contributed by atoms with van der Waals surface area (Å²) in [6.45, 7) is 2.40. The first-order valence-corrected chi connectivity index (χ1v) is 11.5. The monoisotopic (exact) mass is 498 g/mol. The van der Waals surface area contributed by atoms with Gasteiger partial charge in [0.15, 0.2) is 0 Å². The molecule has 8 heteroatoms. The first-order valence-electron chi connectivity index (χ1n) is 11.5. The third-order valence-corrected chi connectivity index (χ3v) is 5.35. The van der Waals surface area contributed by atoms with Gasteiger partial charge in [0.05, 0.1) is 0 Å². The highest BCUT2D eigenvalue weighted by Gasteiger charge is 2.11. The SMILES string of the molecule is CO/N=C(\COc1ccc(COc2ccc(C=CC(=O)O)c(-c3cc(C)on3)c2)cc1)c1ccccc1. The molecule has 0 saturated heterocycles. The maximum Gasteiger partial charge on any atom is 0.328 e. The number of aromatic nitrogens is 1. The predicted molar refractivity (Wildman–Crippen MR) is 140 cm³/mol. The average Bonchev–Trinajstić information content (AvgIpc) is 3.36. The molecule has 0 atom stereocenters. The second kappa shape index (κ2) is 12.2. The van der Waals surface area contributed by atoms with Crippen molar-refractivity contribution >= 4 is 17.8 Å². The third-order valence-electron chi connectivity index (χ3n) is 5.35. The van der Waals surface area contributed by atoms with Crippen LogP contribution in [0.3, 0.4) is 0 Å². The summed E-state index contributed by atoms with van der Waals surface area (Å²) in [5, 5.41) is 17.1. The number of ether oxygens (including phenoxy) is 2. The van der Waals surface area contributed by atoms with Crippen molar-refractivity contribution in [2.45, 2.75) is 13.5 Å². The van der Waals surface area contributed by atoms with E-state index in [9.17, 15) is 4.79 Å². The summed E-state index contributed by atoms with van der Waals surface area (Å²) in [4.78, 5) is 15.9. The minimum atomic E-state index is -1.03. The first-order chi connectivity index (χ1) is 18.0. The van der Waals surface area contributed by atoms with Crippen molar-refractivity contribution in [3.8, 4) is 22.8 Å². The Balaban J connectivity index is 1.41. The Labute approximate surface area is 214 Å². The number of nitrogens with zero attached hydrogens (tertiary/aromatic N) is 2. The van der Waals surface area contributed by atoms with Gasteiger partial charge < -0.3 is 23.9 Å². The van der Waals surface area contributed by atoms with E-state index >= 15 is 0 Å². The van der Waals surface area contributed by atoms with Crippen molar-refractivity contribution in [2.75, 3.05) is 13.7 Å². The number of benzene rings is 3. The molecule has 3 aromatic carbocycles. The summed E-state index contributed by atoms with van der Waals surface area (Å²) in [6.07, 6.45) is 2.60. The van der Waals surface area contributed by atoms with Crippen molar-refractivity contribution in [1.82, 2.24) is 5.16 Å². The smallest absolute Gasteiger partial charge is 0.328 e. The van der Waals surface area contributed by atoms with Crippen LogP contribution in [-0.4, -0.2) is 35.7 Å². The van der Waals surface area contributed by atoms with Gasteiger partial charge in [0.2, 0.25) is 0 Å². The molecule has 37 heavy (non-hydrogen) atoms. The zero-order valence-corrected chi connectivity index (χ0v) is 20.5. The summed E-state index contributed by atoms with van der Waals surface area (Å²) in [7, 11) is 1.51. The zero-order chi connectivity index (χ0) is 26.0. The van der Waals surface area contributed by atoms with Crippen LogP contribution in [-0.2, 0) is 16.2 Å². The van der Waals surface area contributed by atoms with Crippen LogP contribution in [0.5, 0.6) is 11.5 Å². The van der Waals surface area contributed by atoms with Crippen molar-refractivity contribution in [2.24, 2.45) is 5.16 Å². The van der Waals surface area contributed by atoms with E-state index in [2.05, 4.69) is 10.3 Å². The predicted octanol–water partition coefficient (Wildman–Crippen LogP) is 5.76. The number of aliphatic carboxylic acids is 1. The maximum absolute atomic E-state index is 11.0. The van der Waals surface area contributed by atoms with Crippen molar-refractivity contribution in [1.29, 1.82) is 0 Å². The molecular formula is C29H26N2O6. The van der Waals surface area contributed by atoms with Crippen LogP contribution in [0.4, 0.5) is 0 Å². The van der Waals surface area contributed by atoms with Gasteiger partial charge in [-0.1, -0.05) is 58.8 Å². The Hall–Kier alpha value is -4.85. The normalized spacial score (nSPS) is 11.5. The quantitative estimate of drug-likeness (QED) is 0.159. The average molecular weight is 499 g/mol. The fourth-order valence-electron chi connectivity index (χ4n) is 3.55. The molecule has 0 spiro atoms. The van der Waals surface area contributed by atoms with E-state index in [1.807, 2.05) is 60.7 Å². The summed E-state index contributed by atoms with van der Waals surface area (Å²) in [5.41, 5.74) is 4.57. The molecule has 1 heterocycles. The number of hydrogen-bond donors (Lipinski definition) is 1. The van der Waals surface area contributed by atoms with Crippen molar-refractivity contribution in [3.05, 3.63) is 107 Å². The number of carbonyl (C=O) groups is 1. The number of oxime groups is 1. The Morgan fingerprint density at radius 3 is 2.43 bits per heavy atom. The van der Waals surface area contributed by atoms with Gasteiger partial charge in [-0.15, -0.1) is 0 Å². The van der Waals surface area contributed by atoms with E-state index in [1.54, 1.807) is 25.1 Å². The third kappa shape index (κ3) is 7.08. The Morgan fingerprint density at radius 2 is 1.76 bits per heavy atom. The van der Waals surface area contributed by atoms with Crippen LogP contribution in [0, 0.1) is 6.92 Å². The largest absolute Gasteiger partial charge is 0.489 e. The highest BCUT2D eigenvalue weighted by molar-refractivity contribution is 6.01. The van der Waals surface area contributed by atoms with Gasteiger partial charge >= 0.3 is 5.97 Å². The lowest BCUT2D eigenvalue weighted by atomic mass is 10.0. The molecule has 188 valence electrons. The molecule has 4 rings (SSSR count). The highest BCUT2D eigenvalue weighted by Crippen LogP contribution is 2.29. The fraction of sp³-hybridized carbons (Fsp3) is 0.138. The molecule has 0 fully saturated rings. The molecule has 0 saturated carbocycles. The van der Waals surface area contributed by atoms with E-state index in [-0.39, 0.29) is 6.61 Å². The molecule has 0 aliphatic heterocycles. The Kier molecular flexibility index (Phi) is 8.33. The second-order valence-corrected chi connectivity index (χ2v) is 8.05. The maximum atomic E-state index is 11.0. The number of aryl methyl sites for hydroxylation is 1. The number of carboxylic acid groups (broad SMARTS) is 1. The molecule has 1 aromatic heterocycles. The van der Waals surface area contributed by atoms with E-state index in [1.165, 1.54) is 13.2 Å². The van der Waals surface area contributed by atoms with Gasteiger partial charge in [0.1, 0.15) is 49.0 Å². The fourth-order valence-corrected chi connectivity index (χ4v) is 3.55. The lowest BCUT2D eigenvalue weighted by Crippen LogP contribution is -2.13. The number of rotatable bonds is 11. The molecule has 0 aliphatic carbocycles. The van der Waals surface area contributed by atoms with E-state index in [4.69, 9.17) is 23.9 Å². The zero-order valence-electron chi connectivity index (χ0n) is 20.5. The molecule has 0 bridgehead atoms. The number of carboxylic acids is 1. The van der Waals surface area contributed by atoms with Crippen LogP contribution < -0.4 is 9.47 Å². The van der Waals surface area contributed by atoms with Crippen molar-refractivity contribution < 1.29 is 28.7 Å². The van der Waals surface area contributed by atoms with Crippen LogP contribution >= 0.6 is 0 Å². The molecule has 4 aromatic rings. The second-order valence-electron chi connectivity index (χ2n) is 8.05. The van der Waals surface area contributed by atoms with E-state index in [0.29, 0.717) is 46.4 Å². The van der Waals surface area contributed by atoms with Crippen molar-refractivity contribution in [3.63, 3.8) is 0 Å².